The predicted octanol–water partition coefficient (Wildman–Crippen LogP) is 2.97. The van der Waals surface area contributed by atoms with Crippen LogP contribution in [0.5, 0.6) is 0 Å². The third-order valence-electron chi connectivity index (χ3n) is 3.11. The van der Waals surface area contributed by atoms with Gasteiger partial charge in [-0.2, -0.15) is 0 Å². The second-order valence-corrected chi connectivity index (χ2v) is 5.67. The van der Waals surface area contributed by atoms with Gasteiger partial charge in [-0.15, -0.1) is 0 Å². The predicted molar refractivity (Wildman–Crippen MR) is 80.7 cm³/mol. The maximum Gasteiger partial charge on any atom is 0.108 e. The van der Waals surface area contributed by atoms with Crippen molar-refractivity contribution in [3.05, 3.63) is 51.5 Å². The van der Waals surface area contributed by atoms with Crippen molar-refractivity contribution in [3.8, 4) is 0 Å². The van der Waals surface area contributed by atoms with Crippen molar-refractivity contribution in [2.24, 2.45) is 12.9 Å². The van der Waals surface area contributed by atoms with Gasteiger partial charge in [0.15, 0.2) is 0 Å². The molecular formula is C13H16BrClN4. The van der Waals surface area contributed by atoms with Gasteiger partial charge in [0.05, 0.1) is 0 Å². The zero-order chi connectivity index (χ0) is 13.8. The second kappa shape index (κ2) is 6.52. The van der Waals surface area contributed by atoms with E-state index < -0.39 is 0 Å². The first kappa shape index (κ1) is 14.5. The van der Waals surface area contributed by atoms with Crippen molar-refractivity contribution in [1.82, 2.24) is 15.0 Å². The van der Waals surface area contributed by atoms with E-state index in [2.05, 4.69) is 26.3 Å². The third-order valence-corrected chi connectivity index (χ3v) is 4.07. The summed E-state index contributed by atoms with van der Waals surface area (Å²) in [4.78, 5) is 4.31. The third kappa shape index (κ3) is 3.57. The summed E-state index contributed by atoms with van der Waals surface area (Å²) in [6, 6.07) is 5.74. The molecule has 0 aliphatic carbocycles. The van der Waals surface area contributed by atoms with Gasteiger partial charge in [-0.05, 0) is 30.2 Å². The molecule has 0 amide bonds. The fraction of sp³-hybridized carbons (Fsp3) is 0.308. The Morgan fingerprint density at radius 3 is 2.95 bits per heavy atom. The number of hydrogen-bond acceptors (Lipinski definition) is 3. The normalized spacial score (nSPS) is 12.6. The number of nitrogens with zero attached hydrogens (tertiary/aromatic N) is 2. The Balaban J connectivity index is 2.12. The molecule has 2 rings (SSSR count). The fourth-order valence-corrected chi connectivity index (χ4v) is 2.72. The number of nitrogens with two attached hydrogens (primary N) is 1. The highest BCUT2D eigenvalue weighted by atomic mass is 79.9. The van der Waals surface area contributed by atoms with Gasteiger partial charge in [-0.3, -0.25) is 11.3 Å². The van der Waals surface area contributed by atoms with E-state index in [1.165, 1.54) is 0 Å². The van der Waals surface area contributed by atoms with E-state index in [9.17, 15) is 0 Å². The van der Waals surface area contributed by atoms with Crippen LogP contribution in [0.1, 0.15) is 23.9 Å². The van der Waals surface area contributed by atoms with Gasteiger partial charge < -0.3 is 4.57 Å². The average molecular weight is 344 g/mol. The van der Waals surface area contributed by atoms with Gasteiger partial charge in [-0.25, -0.2) is 4.98 Å². The van der Waals surface area contributed by atoms with Crippen LogP contribution in [0.4, 0.5) is 0 Å². The summed E-state index contributed by atoms with van der Waals surface area (Å²) >= 11 is 9.57. The molecule has 0 radical (unpaired) electrons. The lowest BCUT2D eigenvalue weighted by molar-refractivity contribution is 0.505. The number of aromatic nitrogens is 2. The maximum atomic E-state index is 6.04. The molecule has 19 heavy (non-hydrogen) atoms. The maximum absolute atomic E-state index is 6.04. The Kier molecular flexibility index (Phi) is 4.99. The first-order chi connectivity index (χ1) is 9.11. The van der Waals surface area contributed by atoms with Crippen LogP contribution >= 0.6 is 27.5 Å². The van der Waals surface area contributed by atoms with Crippen molar-refractivity contribution < 1.29 is 0 Å². The highest BCUT2D eigenvalue weighted by molar-refractivity contribution is 9.10. The summed E-state index contributed by atoms with van der Waals surface area (Å²) in [5, 5.41) is 0.704. The minimum Gasteiger partial charge on any atom is -0.338 e. The Morgan fingerprint density at radius 1 is 1.53 bits per heavy atom. The monoisotopic (exact) mass is 342 g/mol. The lowest BCUT2D eigenvalue weighted by Gasteiger charge is -2.18. The minimum absolute atomic E-state index is 0.0322. The number of imidazole rings is 1. The quantitative estimate of drug-likeness (QED) is 0.648. The van der Waals surface area contributed by atoms with Crippen LogP contribution in [-0.2, 0) is 13.5 Å². The van der Waals surface area contributed by atoms with E-state index in [0.29, 0.717) is 5.02 Å². The molecule has 0 bridgehead atoms. The fourth-order valence-electron chi connectivity index (χ4n) is 2.02. The number of rotatable bonds is 5. The zero-order valence-electron chi connectivity index (χ0n) is 10.6. The highest BCUT2D eigenvalue weighted by Gasteiger charge is 2.14. The molecule has 102 valence electrons. The van der Waals surface area contributed by atoms with Crippen molar-refractivity contribution in [1.29, 1.82) is 0 Å². The molecule has 2 aromatic rings. The Morgan fingerprint density at radius 2 is 2.32 bits per heavy atom. The van der Waals surface area contributed by atoms with Crippen LogP contribution in [0.3, 0.4) is 0 Å². The topological polar surface area (TPSA) is 55.9 Å². The molecule has 0 aliphatic heterocycles. The molecular weight excluding hydrogens is 328 g/mol. The van der Waals surface area contributed by atoms with E-state index in [-0.39, 0.29) is 6.04 Å². The van der Waals surface area contributed by atoms with Crippen LogP contribution < -0.4 is 11.3 Å². The Bertz CT molecular complexity index is 555. The number of hydrazine groups is 1. The first-order valence-electron chi connectivity index (χ1n) is 5.99. The molecule has 6 heteroatoms. The van der Waals surface area contributed by atoms with E-state index in [0.717, 1.165) is 28.7 Å². The highest BCUT2D eigenvalue weighted by Crippen LogP contribution is 2.28. The van der Waals surface area contributed by atoms with Crippen molar-refractivity contribution >= 4 is 27.5 Å². The molecule has 3 N–H and O–H groups in total. The zero-order valence-corrected chi connectivity index (χ0v) is 12.9. The van der Waals surface area contributed by atoms with E-state index in [1.54, 1.807) is 6.20 Å². The van der Waals surface area contributed by atoms with Crippen LogP contribution in [0, 0.1) is 0 Å². The van der Waals surface area contributed by atoms with Crippen molar-refractivity contribution in [2.75, 3.05) is 0 Å². The molecule has 0 spiro atoms. The summed E-state index contributed by atoms with van der Waals surface area (Å²) in [6.07, 6.45) is 5.43. The van der Waals surface area contributed by atoms with Crippen LogP contribution in [0.15, 0.2) is 35.1 Å². The summed E-state index contributed by atoms with van der Waals surface area (Å²) in [5.41, 5.74) is 3.90. The second-order valence-electron chi connectivity index (χ2n) is 4.38. The standard InChI is InChI=1S/C13H16BrClN4/c1-19-7-6-17-13(19)5-4-12(18-16)10-8-9(15)2-3-11(10)14/h2-3,6-8,12,18H,4-5,16H2,1H3. The van der Waals surface area contributed by atoms with Gasteiger partial charge in [-0.1, -0.05) is 27.5 Å². The molecule has 0 saturated heterocycles. The molecule has 4 nitrogen and oxygen atoms in total. The van der Waals surface area contributed by atoms with Crippen LogP contribution in [-0.4, -0.2) is 9.55 Å². The molecule has 0 aliphatic rings. The van der Waals surface area contributed by atoms with E-state index in [4.69, 9.17) is 17.4 Å². The lowest BCUT2D eigenvalue weighted by atomic mass is 10.0. The molecule has 1 aromatic carbocycles. The van der Waals surface area contributed by atoms with Gasteiger partial charge in [0, 0.05) is 41.4 Å². The smallest absolute Gasteiger partial charge is 0.108 e. The Labute approximate surface area is 126 Å². The lowest BCUT2D eigenvalue weighted by Crippen LogP contribution is -2.29. The molecule has 0 saturated carbocycles. The van der Waals surface area contributed by atoms with Gasteiger partial charge in [0.2, 0.25) is 0 Å². The summed E-state index contributed by atoms with van der Waals surface area (Å²) in [7, 11) is 1.99. The van der Waals surface area contributed by atoms with Crippen LogP contribution in [0.25, 0.3) is 0 Å². The summed E-state index contributed by atoms with van der Waals surface area (Å²) < 4.78 is 3.01. The number of halogens is 2. The average Bonchev–Trinajstić information content (AvgIpc) is 2.80. The van der Waals surface area contributed by atoms with Crippen molar-refractivity contribution in [3.63, 3.8) is 0 Å². The number of aryl methyl sites for hydroxylation is 2. The number of hydrogen-bond donors (Lipinski definition) is 2. The molecule has 1 heterocycles. The van der Waals surface area contributed by atoms with E-state index >= 15 is 0 Å². The van der Waals surface area contributed by atoms with Gasteiger partial charge in [0.25, 0.3) is 0 Å². The Hall–Kier alpha value is -0.880. The van der Waals surface area contributed by atoms with Gasteiger partial charge >= 0.3 is 0 Å². The molecule has 1 unspecified atom stereocenters. The molecule has 1 atom stereocenters. The SMILES string of the molecule is Cn1ccnc1CCC(NN)c1cc(Cl)ccc1Br. The van der Waals surface area contributed by atoms with Gasteiger partial charge in [0.1, 0.15) is 5.82 Å². The first-order valence-corrected chi connectivity index (χ1v) is 7.16. The van der Waals surface area contributed by atoms with Crippen LogP contribution in [0.2, 0.25) is 5.02 Å². The molecule has 1 aromatic heterocycles. The van der Waals surface area contributed by atoms with Crippen molar-refractivity contribution in [2.45, 2.75) is 18.9 Å². The number of benzene rings is 1. The molecule has 0 fully saturated rings. The number of nitrogens with one attached hydrogen (secondary N) is 1. The minimum atomic E-state index is 0.0322. The largest absolute Gasteiger partial charge is 0.338 e. The summed E-state index contributed by atoms with van der Waals surface area (Å²) in [5.74, 6) is 6.70. The van der Waals surface area contributed by atoms with E-state index in [1.807, 2.05) is 36.0 Å². The summed E-state index contributed by atoms with van der Waals surface area (Å²) in [6.45, 7) is 0.